The summed E-state index contributed by atoms with van der Waals surface area (Å²) in [6.45, 7) is 0.364. The molecule has 0 aliphatic rings. The number of ether oxygens (including phenoxy) is 3. The van der Waals surface area contributed by atoms with Gasteiger partial charge in [-0.05, 0) is 34.9 Å². The van der Waals surface area contributed by atoms with Crippen molar-refractivity contribution in [3.05, 3.63) is 34.9 Å². The van der Waals surface area contributed by atoms with Crippen LogP contribution in [0.3, 0.4) is 0 Å². The first kappa shape index (κ1) is 13.2. The highest BCUT2D eigenvalue weighted by Crippen LogP contribution is 2.13. The van der Waals surface area contributed by atoms with Crippen molar-refractivity contribution in [2.75, 3.05) is 0 Å². The van der Waals surface area contributed by atoms with E-state index in [0.29, 0.717) is 0 Å². The average molecular weight is 243 g/mol. The van der Waals surface area contributed by atoms with Gasteiger partial charge in [0.05, 0.1) is 0 Å². The van der Waals surface area contributed by atoms with Gasteiger partial charge in [0, 0.05) is 0 Å². The highest BCUT2D eigenvalue weighted by atomic mass is 16.5. The van der Waals surface area contributed by atoms with E-state index in [1.54, 1.807) is 37.0 Å². The average Bonchev–Trinajstić information content (AvgIpc) is 2.40. The SMILES string of the molecule is N#COCc1cc(COC#N)cc(COC#N)c1. The van der Waals surface area contributed by atoms with Gasteiger partial charge in [0.25, 0.3) is 18.8 Å². The highest BCUT2D eigenvalue weighted by Gasteiger charge is 2.03. The van der Waals surface area contributed by atoms with E-state index in [2.05, 4.69) is 14.2 Å². The van der Waals surface area contributed by atoms with Crippen LogP contribution < -0.4 is 0 Å². The smallest absolute Gasteiger partial charge is 0.286 e. The lowest BCUT2D eigenvalue weighted by molar-refractivity contribution is 0.246. The Morgan fingerprint density at radius 2 is 0.944 bits per heavy atom. The first-order valence-corrected chi connectivity index (χ1v) is 4.94. The van der Waals surface area contributed by atoms with Crippen molar-refractivity contribution in [3.63, 3.8) is 0 Å². The van der Waals surface area contributed by atoms with Crippen molar-refractivity contribution < 1.29 is 14.2 Å². The monoisotopic (exact) mass is 243 g/mol. The van der Waals surface area contributed by atoms with Crippen LogP contribution in [0.1, 0.15) is 16.7 Å². The number of nitrogens with zero attached hydrogens (tertiary/aromatic N) is 3. The standard InChI is InChI=1S/C12H9N3O3/c13-7-16-4-10-1-11(5-17-8-14)3-12(2-10)6-18-9-15/h1-3H,4-6H2. The third-order valence-corrected chi connectivity index (χ3v) is 2.02. The van der Waals surface area contributed by atoms with E-state index in [4.69, 9.17) is 15.8 Å². The maximum absolute atomic E-state index is 8.34. The summed E-state index contributed by atoms with van der Waals surface area (Å²) >= 11 is 0. The van der Waals surface area contributed by atoms with Gasteiger partial charge in [0.2, 0.25) is 0 Å². The lowest BCUT2D eigenvalue weighted by Crippen LogP contribution is -1.97. The first-order chi connectivity index (χ1) is 8.80. The molecular formula is C12H9N3O3. The lowest BCUT2D eigenvalue weighted by Gasteiger charge is -2.07. The number of benzene rings is 1. The van der Waals surface area contributed by atoms with Crippen LogP contribution in [0.5, 0.6) is 0 Å². The molecule has 1 aromatic carbocycles. The molecule has 0 saturated heterocycles. The third kappa shape index (κ3) is 4.30. The van der Waals surface area contributed by atoms with Gasteiger partial charge in [0.1, 0.15) is 19.8 Å². The van der Waals surface area contributed by atoms with Crippen molar-refractivity contribution in [1.82, 2.24) is 0 Å². The van der Waals surface area contributed by atoms with Gasteiger partial charge in [-0.1, -0.05) is 0 Å². The third-order valence-electron chi connectivity index (χ3n) is 2.02. The minimum atomic E-state index is 0.121. The molecule has 90 valence electrons. The fourth-order valence-electron chi connectivity index (χ4n) is 1.44. The molecule has 0 bridgehead atoms. The van der Waals surface area contributed by atoms with Gasteiger partial charge in [-0.15, -0.1) is 0 Å². The van der Waals surface area contributed by atoms with Gasteiger partial charge >= 0.3 is 0 Å². The molecule has 1 rings (SSSR count). The van der Waals surface area contributed by atoms with E-state index in [1.165, 1.54) is 0 Å². The molecular weight excluding hydrogens is 234 g/mol. The van der Waals surface area contributed by atoms with Crippen LogP contribution >= 0.6 is 0 Å². The fourth-order valence-corrected chi connectivity index (χ4v) is 1.44. The summed E-state index contributed by atoms with van der Waals surface area (Å²) in [5.74, 6) is 0. The van der Waals surface area contributed by atoms with Gasteiger partial charge in [-0.2, -0.15) is 15.8 Å². The first-order valence-electron chi connectivity index (χ1n) is 4.94. The molecule has 0 amide bonds. The number of hydrogen-bond donors (Lipinski definition) is 0. The van der Waals surface area contributed by atoms with E-state index < -0.39 is 0 Å². The van der Waals surface area contributed by atoms with E-state index in [9.17, 15) is 0 Å². The second-order valence-electron chi connectivity index (χ2n) is 3.30. The molecule has 6 nitrogen and oxygen atoms in total. The Bertz CT molecular complexity index is 434. The summed E-state index contributed by atoms with van der Waals surface area (Å²) in [6.07, 6.45) is 4.72. The minimum Gasteiger partial charge on any atom is -0.423 e. The quantitative estimate of drug-likeness (QED) is 0.704. The van der Waals surface area contributed by atoms with Crippen LogP contribution in [-0.2, 0) is 34.0 Å². The predicted octanol–water partition coefficient (Wildman–Crippen LogP) is 1.68. The van der Waals surface area contributed by atoms with E-state index >= 15 is 0 Å². The second-order valence-corrected chi connectivity index (χ2v) is 3.30. The zero-order valence-corrected chi connectivity index (χ0v) is 9.42. The summed E-state index contributed by atoms with van der Waals surface area (Å²) in [6, 6.07) is 5.26. The lowest BCUT2D eigenvalue weighted by atomic mass is 10.1. The van der Waals surface area contributed by atoms with Crippen LogP contribution in [0.25, 0.3) is 0 Å². The summed E-state index contributed by atoms with van der Waals surface area (Å²) in [4.78, 5) is 0. The topological polar surface area (TPSA) is 99.1 Å². The molecule has 0 atom stereocenters. The van der Waals surface area contributed by atoms with Crippen molar-refractivity contribution >= 4 is 0 Å². The Labute approximate surface area is 104 Å². The van der Waals surface area contributed by atoms with Gasteiger partial charge in [-0.3, -0.25) is 0 Å². The largest absolute Gasteiger partial charge is 0.423 e. The van der Waals surface area contributed by atoms with Gasteiger partial charge in [0.15, 0.2) is 0 Å². The normalized spacial score (nSPS) is 8.50. The molecule has 0 aromatic heterocycles. The minimum absolute atomic E-state index is 0.121. The highest BCUT2D eigenvalue weighted by molar-refractivity contribution is 5.29. The maximum atomic E-state index is 8.34. The van der Waals surface area contributed by atoms with E-state index in [1.807, 2.05) is 0 Å². The van der Waals surface area contributed by atoms with Crippen molar-refractivity contribution in [2.24, 2.45) is 0 Å². The molecule has 0 spiro atoms. The van der Waals surface area contributed by atoms with Crippen molar-refractivity contribution in [3.8, 4) is 18.8 Å². The molecule has 0 unspecified atom stereocenters. The molecule has 0 aliphatic heterocycles. The summed E-state index contributed by atoms with van der Waals surface area (Å²) < 4.78 is 13.9. The van der Waals surface area contributed by atoms with Gasteiger partial charge < -0.3 is 14.2 Å². The second kappa shape index (κ2) is 7.38. The Kier molecular flexibility index (Phi) is 5.39. The molecule has 0 aliphatic carbocycles. The van der Waals surface area contributed by atoms with E-state index in [-0.39, 0.29) is 19.8 Å². The zero-order chi connectivity index (χ0) is 13.2. The molecule has 18 heavy (non-hydrogen) atoms. The Balaban J connectivity index is 2.86. The fraction of sp³-hybridized carbons (Fsp3) is 0.250. The van der Waals surface area contributed by atoms with Crippen LogP contribution in [-0.4, -0.2) is 0 Å². The zero-order valence-electron chi connectivity index (χ0n) is 9.42. The van der Waals surface area contributed by atoms with Crippen LogP contribution in [0.2, 0.25) is 0 Å². The summed E-state index contributed by atoms with van der Waals surface area (Å²) in [5, 5.41) is 25.0. The number of rotatable bonds is 6. The van der Waals surface area contributed by atoms with Crippen LogP contribution in [0.15, 0.2) is 18.2 Å². The molecule has 0 saturated carbocycles. The predicted molar refractivity (Wildman–Crippen MR) is 57.6 cm³/mol. The molecule has 0 radical (unpaired) electrons. The Hall–Kier alpha value is -2.91. The molecule has 6 heteroatoms. The molecule has 0 N–H and O–H groups in total. The Morgan fingerprint density at radius 1 is 0.667 bits per heavy atom. The van der Waals surface area contributed by atoms with Crippen LogP contribution in [0.4, 0.5) is 0 Å². The van der Waals surface area contributed by atoms with Crippen molar-refractivity contribution in [1.29, 1.82) is 15.8 Å². The Morgan fingerprint density at radius 3 is 1.17 bits per heavy atom. The number of nitriles is 3. The summed E-state index contributed by atoms with van der Waals surface area (Å²) in [7, 11) is 0. The molecule has 1 aromatic rings. The van der Waals surface area contributed by atoms with Gasteiger partial charge in [-0.25, -0.2) is 0 Å². The van der Waals surface area contributed by atoms with Crippen LogP contribution in [0, 0.1) is 34.6 Å². The van der Waals surface area contributed by atoms with E-state index in [0.717, 1.165) is 16.7 Å². The molecule has 0 fully saturated rings. The molecule has 0 heterocycles. The summed E-state index contributed by atoms with van der Waals surface area (Å²) in [5.41, 5.74) is 2.23. The maximum Gasteiger partial charge on any atom is 0.286 e. The van der Waals surface area contributed by atoms with Crippen molar-refractivity contribution in [2.45, 2.75) is 19.8 Å². The number of hydrogen-bond acceptors (Lipinski definition) is 6.